The van der Waals surface area contributed by atoms with Crippen LogP contribution < -0.4 is 0 Å². The Morgan fingerprint density at radius 3 is 2.29 bits per heavy atom. The third kappa shape index (κ3) is 2.98. The monoisotopic (exact) mass is 230 g/mol. The minimum Gasteiger partial charge on any atom is -0.389 e. The maximum absolute atomic E-state index is 9.65. The predicted molar refractivity (Wildman–Crippen MR) is 73.0 cm³/mol. The molecule has 0 saturated heterocycles. The van der Waals surface area contributed by atoms with Crippen molar-refractivity contribution in [1.29, 1.82) is 0 Å². The molecule has 0 spiro atoms. The quantitative estimate of drug-likeness (QED) is 0.775. The van der Waals surface area contributed by atoms with E-state index in [0.29, 0.717) is 0 Å². The minimum atomic E-state index is -0.249. The molecule has 0 saturated carbocycles. The third-order valence-corrected chi connectivity index (χ3v) is 3.46. The molecule has 17 heavy (non-hydrogen) atoms. The summed E-state index contributed by atoms with van der Waals surface area (Å²) in [5.74, 6) is 0. The summed E-state index contributed by atoms with van der Waals surface area (Å²) < 4.78 is 0. The van der Waals surface area contributed by atoms with Gasteiger partial charge in [0.15, 0.2) is 0 Å². The van der Waals surface area contributed by atoms with Gasteiger partial charge in [-0.25, -0.2) is 0 Å². The first-order valence-electron chi connectivity index (χ1n) is 6.46. The normalized spacial score (nSPS) is 21.2. The maximum atomic E-state index is 9.65. The van der Waals surface area contributed by atoms with Crippen LogP contribution in [0, 0.1) is 0 Å². The van der Waals surface area contributed by atoms with Gasteiger partial charge in [0, 0.05) is 0 Å². The molecule has 0 aromatic heterocycles. The molecule has 1 aromatic rings. The van der Waals surface area contributed by atoms with Crippen molar-refractivity contribution in [2.24, 2.45) is 0 Å². The Hall–Kier alpha value is -1.08. The van der Waals surface area contributed by atoms with Gasteiger partial charge in [0.2, 0.25) is 0 Å². The fourth-order valence-corrected chi connectivity index (χ4v) is 2.33. The molecule has 0 bridgehead atoms. The topological polar surface area (TPSA) is 20.2 Å². The lowest BCUT2D eigenvalue weighted by molar-refractivity contribution is 0.206. The van der Waals surface area contributed by atoms with Gasteiger partial charge in [-0.2, -0.15) is 0 Å². The standard InChI is InChI=1S/C16H22O/c1-16(2,3)14-9-7-12(8-10-14)13-5-4-6-15(17)11-13/h7-11,15,17H,4-6H2,1-3H3. The summed E-state index contributed by atoms with van der Waals surface area (Å²) >= 11 is 0. The Kier molecular flexibility index (Phi) is 3.39. The summed E-state index contributed by atoms with van der Waals surface area (Å²) in [6.07, 6.45) is 4.85. The smallest absolute Gasteiger partial charge is 0.0726 e. The molecular formula is C16H22O. The van der Waals surface area contributed by atoms with E-state index < -0.39 is 0 Å². The molecule has 0 fully saturated rings. The summed E-state index contributed by atoms with van der Waals surface area (Å²) in [4.78, 5) is 0. The van der Waals surface area contributed by atoms with E-state index in [4.69, 9.17) is 0 Å². The molecule has 1 heteroatoms. The lowest BCUT2D eigenvalue weighted by Crippen LogP contribution is -2.11. The van der Waals surface area contributed by atoms with Gasteiger partial charge >= 0.3 is 0 Å². The Bertz CT molecular complexity index is 406. The van der Waals surface area contributed by atoms with Crippen LogP contribution in [0.4, 0.5) is 0 Å². The van der Waals surface area contributed by atoms with Crippen molar-refractivity contribution in [2.75, 3.05) is 0 Å². The van der Waals surface area contributed by atoms with E-state index in [1.54, 1.807) is 0 Å². The van der Waals surface area contributed by atoms with Crippen molar-refractivity contribution in [3.63, 3.8) is 0 Å². The second-order valence-electron chi connectivity index (χ2n) is 5.98. The van der Waals surface area contributed by atoms with Gasteiger partial charge in [-0.15, -0.1) is 0 Å². The minimum absolute atomic E-state index is 0.207. The number of hydrogen-bond donors (Lipinski definition) is 1. The van der Waals surface area contributed by atoms with Crippen LogP contribution in [-0.2, 0) is 5.41 Å². The van der Waals surface area contributed by atoms with E-state index >= 15 is 0 Å². The maximum Gasteiger partial charge on any atom is 0.0726 e. The summed E-state index contributed by atoms with van der Waals surface area (Å²) in [7, 11) is 0. The molecule has 1 aliphatic rings. The highest BCUT2D eigenvalue weighted by atomic mass is 16.3. The van der Waals surface area contributed by atoms with Crippen LogP contribution in [0.5, 0.6) is 0 Å². The van der Waals surface area contributed by atoms with Crippen molar-refractivity contribution in [3.05, 3.63) is 41.5 Å². The van der Waals surface area contributed by atoms with E-state index in [0.717, 1.165) is 19.3 Å². The Labute approximate surface area is 104 Å². The number of allylic oxidation sites excluding steroid dienone is 1. The van der Waals surface area contributed by atoms with Gasteiger partial charge < -0.3 is 5.11 Å². The van der Waals surface area contributed by atoms with Crippen LogP contribution in [0.3, 0.4) is 0 Å². The van der Waals surface area contributed by atoms with E-state index in [-0.39, 0.29) is 11.5 Å². The first-order chi connectivity index (χ1) is 7.97. The van der Waals surface area contributed by atoms with E-state index in [2.05, 4.69) is 45.0 Å². The number of aliphatic hydroxyl groups excluding tert-OH is 1. The Balaban J connectivity index is 2.24. The summed E-state index contributed by atoms with van der Waals surface area (Å²) in [5.41, 5.74) is 4.12. The van der Waals surface area contributed by atoms with Crippen LogP contribution in [0.25, 0.3) is 5.57 Å². The Morgan fingerprint density at radius 1 is 1.12 bits per heavy atom. The van der Waals surface area contributed by atoms with Crippen LogP contribution in [-0.4, -0.2) is 11.2 Å². The molecule has 1 N–H and O–H groups in total. The molecule has 1 aliphatic carbocycles. The van der Waals surface area contributed by atoms with Crippen molar-refractivity contribution in [1.82, 2.24) is 0 Å². The highest BCUT2D eigenvalue weighted by Crippen LogP contribution is 2.29. The lowest BCUT2D eigenvalue weighted by atomic mass is 9.85. The number of benzene rings is 1. The van der Waals surface area contributed by atoms with Crippen molar-refractivity contribution >= 4 is 5.57 Å². The average molecular weight is 230 g/mol. The molecule has 0 heterocycles. The van der Waals surface area contributed by atoms with Gasteiger partial charge in [-0.05, 0) is 41.4 Å². The van der Waals surface area contributed by atoms with Gasteiger partial charge in [0.25, 0.3) is 0 Å². The Morgan fingerprint density at radius 2 is 1.76 bits per heavy atom. The second kappa shape index (κ2) is 4.66. The zero-order valence-corrected chi connectivity index (χ0v) is 11.0. The molecule has 1 aromatic carbocycles. The van der Waals surface area contributed by atoms with Crippen molar-refractivity contribution in [2.45, 2.75) is 51.6 Å². The molecule has 1 unspecified atom stereocenters. The second-order valence-corrected chi connectivity index (χ2v) is 5.98. The van der Waals surface area contributed by atoms with Crippen LogP contribution in [0.2, 0.25) is 0 Å². The SMILES string of the molecule is CC(C)(C)c1ccc(C2=CC(O)CCC2)cc1. The first kappa shape index (κ1) is 12.4. The summed E-state index contributed by atoms with van der Waals surface area (Å²) in [6.45, 7) is 6.68. The van der Waals surface area contributed by atoms with E-state index in [1.807, 2.05) is 6.08 Å². The molecule has 0 aliphatic heterocycles. The highest BCUT2D eigenvalue weighted by molar-refractivity contribution is 5.67. The first-order valence-corrected chi connectivity index (χ1v) is 6.46. The van der Waals surface area contributed by atoms with Gasteiger partial charge in [-0.1, -0.05) is 51.1 Å². The fraction of sp³-hybridized carbons (Fsp3) is 0.500. The molecular weight excluding hydrogens is 208 g/mol. The summed E-state index contributed by atoms with van der Waals surface area (Å²) in [5, 5.41) is 9.65. The molecule has 0 radical (unpaired) electrons. The highest BCUT2D eigenvalue weighted by Gasteiger charge is 2.15. The van der Waals surface area contributed by atoms with E-state index in [9.17, 15) is 5.11 Å². The fourth-order valence-electron chi connectivity index (χ4n) is 2.33. The van der Waals surface area contributed by atoms with Crippen LogP contribution in [0.15, 0.2) is 30.3 Å². The zero-order valence-electron chi connectivity index (χ0n) is 11.0. The number of aliphatic hydroxyl groups is 1. The molecule has 2 rings (SSSR count). The number of hydrogen-bond acceptors (Lipinski definition) is 1. The van der Waals surface area contributed by atoms with Gasteiger partial charge in [-0.3, -0.25) is 0 Å². The third-order valence-electron chi connectivity index (χ3n) is 3.46. The van der Waals surface area contributed by atoms with Gasteiger partial charge in [0.05, 0.1) is 6.10 Å². The average Bonchev–Trinajstić information content (AvgIpc) is 2.28. The largest absolute Gasteiger partial charge is 0.389 e. The lowest BCUT2D eigenvalue weighted by Gasteiger charge is -2.21. The van der Waals surface area contributed by atoms with Gasteiger partial charge in [0.1, 0.15) is 0 Å². The van der Waals surface area contributed by atoms with Crippen LogP contribution in [0.1, 0.15) is 51.2 Å². The molecule has 92 valence electrons. The zero-order chi connectivity index (χ0) is 12.5. The number of rotatable bonds is 1. The predicted octanol–water partition coefficient (Wildman–Crippen LogP) is 3.91. The molecule has 1 atom stereocenters. The molecule has 0 amide bonds. The van der Waals surface area contributed by atoms with Crippen LogP contribution >= 0.6 is 0 Å². The van der Waals surface area contributed by atoms with Crippen molar-refractivity contribution < 1.29 is 5.11 Å². The van der Waals surface area contributed by atoms with E-state index in [1.165, 1.54) is 16.7 Å². The molecule has 1 nitrogen and oxygen atoms in total. The summed E-state index contributed by atoms with van der Waals surface area (Å²) in [6, 6.07) is 8.78. The van der Waals surface area contributed by atoms with Crippen molar-refractivity contribution in [3.8, 4) is 0 Å².